The number of carbonyl (C=O) groups is 1. The summed E-state index contributed by atoms with van der Waals surface area (Å²) in [4.78, 5) is 25.3. The molecule has 2 N–H and O–H groups in total. The number of benzene rings is 1. The Bertz CT molecular complexity index is 827. The van der Waals surface area contributed by atoms with E-state index in [1.165, 1.54) is 5.56 Å². The van der Waals surface area contributed by atoms with Gasteiger partial charge in [-0.25, -0.2) is 4.98 Å². The molecule has 0 unspecified atom stereocenters. The van der Waals surface area contributed by atoms with E-state index in [2.05, 4.69) is 50.9 Å². The van der Waals surface area contributed by atoms with E-state index in [0.29, 0.717) is 18.4 Å². The third-order valence-electron chi connectivity index (χ3n) is 5.32. The van der Waals surface area contributed by atoms with Crippen LogP contribution in [-0.4, -0.2) is 62.5 Å². The zero-order valence-electron chi connectivity index (χ0n) is 18.1. The maximum atomic E-state index is 12.6. The highest BCUT2D eigenvalue weighted by Gasteiger charge is 2.22. The van der Waals surface area contributed by atoms with Gasteiger partial charge in [0.1, 0.15) is 0 Å². The second kappa shape index (κ2) is 11.0. The number of anilines is 1. The smallest absolute Gasteiger partial charge is 0.241 e. The first kappa shape index (κ1) is 22.1. The van der Waals surface area contributed by atoms with Crippen molar-refractivity contribution in [3.63, 3.8) is 0 Å². The number of piperidine rings is 1. The van der Waals surface area contributed by atoms with Crippen molar-refractivity contribution in [1.29, 1.82) is 0 Å². The highest BCUT2D eigenvalue weighted by molar-refractivity contribution is 7.13. The number of nitrogens with one attached hydrogen (secondary N) is 2. The van der Waals surface area contributed by atoms with Crippen LogP contribution >= 0.6 is 11.3 Å². The highest BCUT2D eigenvalue weighted by atomic mass is 32.1. The van der Waals surface area contributed by atoms with Crippen molar-refractivity contribution in [2.45, 2.75) is 25.8 Å². The molecule has 0 radical (unpaired) electrons. The van der Waals surface area contributed by atoms with Crippen LogP contribution in [0.2, 0.25) is 0 Å². The molecule has 0 aliphatic carbocycles. The number of likely N-dealkylation sites (tertiary alicyclic amines) is 1. The van der Waals surface area contributed by atoms with Crippen molar-refractivity contribution in [2.75, 3.05) is 45.7 Å². The largest absolute Gasteiger partial charge is 0.354 e. The fraction of sp³-hybridized carbons (Fsp3) is 0.500. The quantitative estimate of drug-likeness (QED) is 0.523. The molecule has 0 spiro atoms. The van der Waals surface area contributed by atoms with E-state index >= 15 is 0 Å². The van der Waals surface area contributed by atoms with Crippen LogP contribution in [0.3, 0.4) is 0 Å². The minimum Gasteiger partial charge on any atom is -0.354 e. The molecule has 162 valence electrons. The molecule has 1 fully saturated rings. The van der Waals surface area contributed by atoms with Crippen LogP contribution in [-0.2, 0) is 17.8 Å². The molecule has 1 aromatic heterocycles. The molecule has 1 aliphatic heterocycles. The molecule has 1 saturated heterocycles. The van der Waals surface area contributed by atoms with Gasteiger partial charge >= 0.3 is 0 Å². The second-order valence-electron chi connectivity index (χ2n) is 7.81. The maximum Gasteiger partial charge on any atom is 0.241 e. The molecule has 3 rings (SSSR count). The second-order valence-corrected chi connectivity index (χ2v) is 8.65. The monoisotopic (exact) mass is 428 g/mol. The number of rotatable bonds is 7. The molecule has 1 aliphatic rings. The average Bonchev–Trinajstić information content (AvgIpc) is 3.24. The minimum atomic E-state index is 0.125. The van der Waals surface area contributed by atoms with E-state index in [1.807, 2.05) is 29.3 Å². The SMILES string of the molecule is CN=C(NCC(=O)N1CCC(Cc2ccccc2)CC1)NCc1csc(N(C)C)n1. The summed E-state index contributed by atoms with van der Waals surface area (Å²) >= 11 is 1.61. The Morgan fingerprint density at radius 1 is 1.23 bits per heavy atom. The number of carbonyl (C=O) groups excluding carboxylic acids is 1. The van der Waals surface area contributed by atoms with E-state index in [0.717, 1.165) is 43.2 Å². The lowest BCUT2D eigenvalue weighted by Gasteiger charge is -2.32. The van der Waals surface area contributed by atoms with Crippen LogP contribution in [0.5, 0.6) is 0 Å². The van der Waals surface area contributed by atoms with Crippen molar-refractivity contribution in [3.05, 3.63) is 47.0 Å². The summed E-state index contributed by atoms with van der Waals surface area (Å²) in [6.45, 7) is 2.48. The molecule has 2 heterocycles. The maximum absolute atomic E-state index is 12.6. The predicted molar refractivity (Wildman–Crippen MR) is 124 cm³/mol. The van der Waals surface area contributed by atoms with E-state index in [9.17, 15) is 4.79 Å². The third-order valence-corrected chi connectivity index (χ3v) is 6.38. The average molecular weight is 429 g/mol. The fourth-order valence-electron chi connectivity index (χ4n) is 3.58. The summed E-state index contributed by atoms with van der Waals surface area (Å²) in [5, 5.41) is 9.36. The van der Waals surface area contributed by atoms with Crippen molar-refractivity contribution in [2.24, 2.45) is 10.9 Å². The minimum absolute atomic E-state index is 0.125. The Hall–Kier alpha value is -2.61. The molecule has 8 heteroatoms. The molecule has 30 heavy (non-hydrogen) atoms. The molecule has 1 aromatic carbocycles. The molecular formula is C22H32N6OS. The van der Waals surface area contributed by atoms with Crippen LogP contribution in [0.15, 0.2) is 40.7 Å². The lowest BCUT2D eigenvalue weighted by Crippen LogP contribution is -2.46. The molecule has 2 aromatic rings. The van der Waals surface area contributed by atoms with Gasteiger partial charge in [-0.15, -0.1) is 11.3 Å². The normalized spacial score (nSPS) is 15.2. The van der Waals surface area contributed by atoms with Crippen LogP contribution < -0.4 is 15.5 Å². The lowest BCUT2D eigenvalue weighted by atomic mass is 9.90. The Balaban J connectivity index is 1.37. The van der Waals surface area contributed by atoms with Gasteiger partial charge in [0, 0.05) is 39.6 Å². The van der Waals surface area contributed by atoms with E-state index in [1.54, 1.807) is 18.4 Å². The van der Waals surface area contributed by atoms with E-state index < -0.39 is 0 Å². The van der Waals surface area contributed by atoms with Crippen molar-refractivity contribution >= 4 is 28.3 Å². The van der Waals surface area contributed by atoms with Crippen LogP contribution in [0.25, 0.3) is 0 Å². The predicted octanol–water partition coefficient (Wildman–Crippen LogP) is 2.36. The van der Waals surface area contributed by atoms with Crippen molar-refractivity contribution < 1.29 is 4.79 Å². The van der Waals surface area contributed by atoms with Gasteiger partial charge < -0.3 is 20.4 Å². The van der Waals surface area contributed by atoms with Gasteiger partial charge in [0.25, 0.3) is 0 Å². The van der Waals surface area contributed by atoms with Gasteiger partial charge in [0.2, 0.25) is 5.91 Å². The number of thiazole rings is 1. The van der Waals surface area contributed by atoms with Crippen LogP contribution in [0.4, 0.5) is 5.13 Å². The number of hydrogen-bond acceptors (Lipinski definition) is 5. The van der Waals surface area contributed by atoms with Crippen molar-refractivity contribution in [3.8, 4) is 0 Å². The van der Waals surface area contributed by atoms with Crippen LogP contribution in [0.1, 0.15) is 24.1 Å². The fourth-order valence-corrected chi connectivity index (χ4v) is 4.34. The number of aliphatic imine (C=N–C) groups is 1. The van der Waals surface area contributed by atoms with Gasteiger partial charge in [-0.05, 0) is 30.7 Å². The van der Waals surface area contributed by atoms with Gasteiger partial charge in [0.05, 0.1) is 18.8 Å². The Labute approximate surface area is 183 Å². The summed E-state index contributed by atoms with van der Waals surface area (Å²) in [5.41, 5.74) is 2.34. The van der Waals surface area contributed by atoms with E-state index in [-0.39, 0.29) is 12.5 Å². The first-order chi connectivity index (χ1) is 14.5. The topological polar surface area (TPSA) is 72.9 Å². The molecule has 0 saturated carbocycles. The molecule has 7 nitrogen and oxygen atoms in total. The number of guanidine groups is 1. The molecule has 0 bridgehead atoms. The van der Waals surface area contributed by atoms with E-state index in [4.69, 9.17) is 0 Å². The lowest BCUT2D eigenvalue weighted by molar-refractivity contribution is -0.131. The summed E-state index contributed by atoms with van der Waals surface area (Å²) in [5.74, 6) is 1.39. The van der Waals surface area contributed by atoms with Gasteiger partial charge in [-0.3, -0.25) is 9.79 Å². The standard InChI is InChI=1S/C22H32N6OS/c1-23-21(24-14-19-16-30-22(26-19)27(2)3)25-15-20(29)28-11-9-18(10-12-28)13-17-7-5-4-6-8-17/h4-8,16,18H,9-15H2,1-3H3,(H2,23,24,25). The third kappa shape index (κ3) is 6.45. The summed E-state index contributed by atoms with van der Waals surface area (Å²) in [6.07, 6.45) is 3.22. The van der Waals surface area contributed by atoms with Crippen LogP contribution in [0, 0.1) is 5.92 Å². The number of nitrogens with zero attached hydrogens (tertiary/aromatic N) is 4. The van der Waals surface area contributed by atoms with Gasteiger partial charge in [-0.2, -0.15) is 0 Å². The molecule has 0 atom stereocenters. The Kier molecular flexibility index (Phi) is 8.07. The van der Waals surface area contributed by atoms with Gasteiger partial charge in [-0.1, -0.05) is 30.3 Å². The zero-order valence-corrected chi connectivity index (χ0v) is 18.9. The Morgan fingerprint density at radius 3 is 2.60 bits per heavy atom. The summed E-state index contributed by atoms with van der Waals surface area (Å²) in [6, 6.07) is 10.6. The number of aromatic nitrogens is 1. The highest BCUT2D eigenvalue weighted by Crippen LogP contribution is 2.21. The van der Waals surface area contributed by atoms with Crippen molar-refractivity contribution in [1.82, 2.24) is 20.5 Å². The molecular weight excluding hydrogens is 396 g/mol. The first-order valence-corrected chi connectivity index (χ1v) is 11.3. The number of amides is 1. The van der Waals surface area contributed by atoms with Gasteiger partial charge in [0.15, 0.2) is 11.1 Å². The summed E-state index contributed by atoms with van der Waals surface area (Å²) < 4.78 is 0. The Morgan fingerprint density at radius 2 is 1.97 bits per heavy atom. The number of hydrogen-bond donors (Lipinski definition) is 2. The zero-order chi connectivity index (χ0) is 21.3. The first-order valence-electron chi connectivity index (χ1n) is 10.4. The summed E-state index contributed by atoms with van der Waals surface area (Å²) in [7, 11) is 5.67. The molecule has 1 amide bonds.